The number of rotatable bonds is 5. The molecule has 4 heteroatoms. The van der Waals surface area contributed by atoms with E-state index in [-0.39, 0.29) is 0 Å². The molecule has 0 aliphatic heterocycles. The van der Waals surface area contributed by atoms with Crippen LogP contribution in [0.4, 0.5) is 0 Å². The molecule has 2 aliphatic rings. The van der Waals surface area contributed by atoms with E-state index in [1.165, 1.54) is 57.8 Å². The van der Waals surface area contributed by atoms with Gasteiger partial charge in [-0.2, -0.15) is 10.4 Å². The topological polar surface area (TPSA) is 44.9 Å². The van der Waals surface area contributed by atoms with Crippen LogP contribution in [-0.4, -0.2) is 27.3 Å². The third-order valence-electron chi connectivity index (χ3n) is 5.09. The third kappa shape index (κ3) is 3.65. The molecule has 2 saturated carbocycles. The quantitative estimate of drug-likeness (QED) is 0.776. The smallest absolute Gasteiger partial charge is 0.0871 e. The Morgan fingerprint density at radius 3 is 2.57 bits per heavy atom. The van der Waals surface area contributed by atoms with E-state index in [0.717, 1.165) is 12.2 Å². The van der Waals surface area contributed by atoms with Crippen molar-refractivity contribution in [1.82, 2.24) is 14.7 Å². The first-order valence-electron chi connectivity index (χ1n) is 8.52. The minimum absolute atomic E-state index is 0.529. The van der Waals surface area contributed by atoms with Gasteiger partial charge in [-0.25, -0.2) is 0 Å². The van der Waals surface area contributed by atoms with Gasteiger partial charge in [-0.05, 0) is 31.7 Å². The summed E-state index contributed by atoms with van der Waals surface area (Å²) in [5, 5.41) is 13.9. The lowest BCUT2D eigenvalue weighted by Gasteiger charge is -2.25. The van der Waals surface area contributed by atoms with Gasteiger partial charge in [0.1, 0.15) is 0 Å². The first-order chi connectivity index (χ1) is 10.4. The van der Waals surface area contributed by atoms with Crippen LogP contribution in [0.5, 0.6) is 0 Å². The van der Waals surface area contributed by atoms with E-state index < -0.39 is 0 Å². The van der Waals surface area contributed by atoms with Crippen molar-refractivity contribution in [3.05, 3.63) is 18.0 Å². The minimum Gasteiger partial charge on any atom is -0.282 e. The minimum atomic E-state index is 0.529. The lowest BCUT2D eigenvalue weighted by Crippen LogP contribution is -2.33. The second kappa shape index (κ2) is 7.09. The van der Waals surface area contributed by atoms with Crippen molar-refractivity contribution >= 4 is 0 Å². The van der Waals surface area contributed by atoms with Gasteiger partial charge >= 0.3 is 0 Å². The maximum absolute atomic E-state index is 9.07. The highest BCUT2D eigenvalue weighted by Gasteiger charge is 2.23. The summed E-state index contributed by atoms with van der Waals surface area (Å²) < 4.78 is 2.17. The number of hydrogen-bond acceptors (Lipinski definition) is 3. The van der Waals surface area contributed by atoms with Crippen molar-refractivity contribution < 1.29 is 0 Å². The van der Waals surface area contributed by atoms with Crippen molar-refractivity contribution in [3.63, 3.8) is 0 Å². The van der Waals surface area contributed by atoms with Crippen LogP contribution < -0.4 is 0 Å². The Morgan fingerprint density at radius 1 is 1.14 bits per heavy atom. The lowest BCUT2D eigenvalue weighted by molar-refractivity contribution is 0.210. The van der Waals surface area contributed by atoms with Crippen molar-refractivity contribution in [2.45, 2.75) is 76.4 Å². The van der Waals surface area contributed by atoms with Crippen LogP contribution in [0, 0.1) is 11.3 Å². The molecule has 0 aromatic carbocycles. The van der Waals surface area contributed by atoms with Gasteiger partial charge in [0.05, 0.1) is 24.3 Å². The molecule has 114 valence electrons. The van der Waals surface area contributed by atoms with Gasteiger partial charge in [-0.1, -0.05) is 32.1 Å². The molecule has 0 N–H and O–H groups in total. The van der Waals surface area contributed by atoms with Gasteiger partial charge in [0.25, 0.3) is 0 Å². The van der Waals surface area contributed by atoms with Gasteiger partial charge in [-0.3, -0.25) is 9.58 Å². The molecule has 0 amide bonds. The predicted octanol–water partition coefficient (Wildman–Crippen LogP) is 3.66. The Hall–Kier alpha value is -1.34. The fourth-order valence-electron chi connectivity index (χ4n) is 3.89. The zero-order valence-corrected chi connectivity index (χ0v) is 12.9. The summed E-state index contributed by atoms with van der Waals surface area (Å²) in [5.74, 6) is 0. The fourth-order valence-corrected chi connectivity index (χ4v) is 3.89. The van der Waals surface area contributed by atoms with Crippen molar-refractivity contribution in [2.24, 2.45) is 0 Å². The molecular weight excluding hydrogens is 260 g/mol. The van der Waals surface area contributed by atoms with Crippen LogP contribution in [0.3, 0.4) is 0 Å². The van der Waals surface area contributed by atoms with Crippen LogP contribution in [0.2, 0.25) is 0 Å². The number of nitriles is 1. The summed E-state index contributed by atoms with van der Waals surface area (Å²) in [5.41, 5.74) is 1.13. The highest BCUT2D eigenvalue weighted by molar-refractivity contribution is 5.02. The Bertz CT molecular complexity index is 475. The summed E-state index contributed by atoms with van der Waals surface area (Å²) >= 11 is 0. The summed E-state index contributed by atoms with van der Waals surface area (Å²) in [6.45, 7) is 1.36. The predicted molar refractivity (Wildman–Crippen MR) is 82.6 cm³/mol. The molecule has 1 aromatic heterocycles. The number of aromatic nitrogens is 2. The monoisotopic (exact) mass is 286 g/mol. The molecular formula is C17H26N4. The van der Waals surface area contributed by atoms with Crippen molar-refractivity contribution in [3.8, 4) is 6.07 Å². The average Bonchev–Trinajstić information content (AvgIpc) is 3.19. The Labute approximate surface area is 127 Å². The number of hydrogen-bond donors (Lipinski definition) is 0. The molecule has 2 aliphatic carbocycles. The molecule has 2 fully saturated rings. The fraction of sp³-hybridized carbons (Fsp3) is 0.765. The molecule has 1 aromatic rings. The molecule has 0 saturated heterocycles. The maximum atomic E-state index is 9.07. The molecule has 4 nitrogen and oxygen atoms in total. The first-order valence-corrected chi connectivity index (χ1v) is 8.52. The zero-order chi connectivity index (χ0) is 14.5. The zero-order valence-electron chi connectivity index (χ0n) is 12.9. The van der Waals surface area contributed by atoms with E-state index in [1.54, 1.807) is 0 Å². The summed E-state index contributed by atoms with van der Waals surface area (Å²) in [6, 6.07) is 5.66. The average molecular weight is 286 g/mol. The molecule has 21 heavy (non-hydrogen) atoms. The lowest BCUT2D eigenvalue weighted by atomic mass is 9.96. The molecule has 0 spiro atoms. The summed E-state index contributed by atoms with van der Waals surface area (Å²) in [6.07, 6.45) is 13.8. The van der Waals surface area contributed by atoms with Crippen LogP contribution in [0.25, 0.3) is 0 Å². The molecule has 0 bridgehead atoms. The molecule has 0 unspecified atom stereocenters. The van der Waals surface area contributed by atoms with E-state index in [9.17, 15) is 0 Å². The number of nitrogens with zero attached hydrogens (tertiary/aromatic N) is 4. The Balaban J connectivity index is 1.62. The van der Waals surface area contributed by atoms with Crippen LogP contribution in [-0.2, 0) is 6.54 Å². The van der Waals surface area contributed by atoms with Crippen LogP contribution in [0.15, 0.2) is 12.3 Å². The van der Waals surface area contributed by atoms with Crippen LogP contribution in [0.1, 0.15) is 69.5 Å². The van der Waals surface area contributed by atoms with Gasteiger partial charge in [-0.15, -0.1) is 0 Å². The second-order valence-corrected chi connectivity index (χ2v) is 6.58. The van der Waals surface area contributed by atoms with E-state index in [1.807, 2.05) is 0 Å². The van der Waals surface area contributed by atoms with Crippen LogP contribution >= 0.6 is 0 Å². The molecule has 0 atom stereocenters. The molecule has 3 rings (SSSR count). The first kappa shape index (κ1) is 14.6. The Kier molecular flexibility index (Phi) is 4.92. The highest BCUT2D eigenvalue weighted by Crippen LogP contribution is 2.28. The molecule has 1 heterocycles. The van der Waals surface area contributed by atoms with E-state index in [4.69, 9.17) is 10.4 Å². The third-order valence-corrected chi connectivity index (χ3v) is 5.09. The summed E-state index contributed by atoms with van der Waals surface area (Å²) in [4.78, 5) is 2.32. The highest BCUT2D eigenvalue weighted by atomic mass is 15.3. The summed E-state index contributed by atoms with van der Waals surface area (Å²) in [7, 11) is 0. The Morgan fingerprint density at radius 2 is 1.86 bits per heavy atom. The maximum Gasteiger partial charge on any atom is 0.0871 e. The van der Waals surface area contributed by atoms with E-state index >= 15 is 0 Å². The molecule has 0 radical (unpaired) electrons. The van der Waals surface area contributed by atoms with Gasteiger partial charge < -0.3 is 0 Å². The van der Waals surface area contributed by atoms with Gasteiger partial charge in [0.2, 0.25) is 0 Å². The second-order valence-electron chi connectivity index (χ2n) is 6.58. The van der Waals surface area contributed by atoms with E-state index in [0.29, 0.717) is 18.6 Å². The van der Waals surface area contributed by atoms with Crippen molar-refractivity contribution in [2.75, 3.05) is 6.54 Å². The van der Waals surface area contributed by atoms with Gasteiger partial charge in [0, 0.05) is 18.8 Å². The standard InChI is InChI=1S/C17H26N4/c18-11-13-20(16-6-4-5-7-16)14-15-10-12-21(19-15)17-8-2-1-3-9-17/h10,12,16-17H,1-9,13-14H2. The largest absolute Gasteiger partial charge is 0.282 e. The van der Waals surface area contributed by atoms with Crippen molar-refractivity contribution in [1.29, 1.82) is 5.26 Å². The normalized spacial score (nSPS) is 21.0. The van der Waals surface area contributed by atoms with Gasteiger partial charge in [0.15, 0.2) is 0 Å². The SMILES string of the molecule is N#CCN(Cc1ccn(C2CCCCC2)n1)C1CCCC1. The van der Waals surface area contributed by atoms with E-state index in [2.05, 4.69) is 27.9 Å².